The molecule has 0 N–H and O–H groups in total. The molecule has 1 aromatic carbocycles. The maximum Gasteiger partial charge on any atom is 0.280 e. The molecule has 1 heterocycles. The van der Waals surface area contributed by atoms with Crippen LogP contribution in [0.15, 0.2) is 23.2 Å². The monoisotopic (exact) mass is 322 g/mol. The molecule has 1 aromatic heterocycles. The highest BCUT2D eigenvalue weighted by molar-refractivity contribution is 7.09. The SMILES string of the molecule is COCCn1c(C)c(C)s/c1=N\C(=O)c1cccc(F)c1C. The Labute approximate surface area is 132 Å². The van der Waals surface area contributed by atoms with E-state index in [4.69, 9.17) is 4.74 Å². The average Bonchev–Trinajstić information content (AvgIpc) is 2.74. The zero-order valence-electron chi connectivity index (χ0n) is 13.1. The van der Waals surface area contributed by atoms with Crippen molar-refractivity contribution < 1.29 is 13.9 Å². The van der Waals surface area contributed by atoms with E-state index < -0.39 is 11.7 Å². The quantitative estimate of drug-likeness (QED) is 0.868. The fourth-order valence-corrected chi connectivity index (χ4v) is 3.11. The van der Waals surface area contributed by atoms with Gasteiger partial charge in [0.25, 0.3) is 5.91 Å². The predicted molar refractivity (Wildman–Crippen MR) is 84.7 cm³/mol. The van der Waals surface area contributed by atoms with Crippen molar-refractivity contribution in [3.63, 3.8) is 0 Å². The minimum atomic E-state index is -0.426. The summed E-state index contributed by atoms with van der Waals surface area (Å²) >= 11 is 1.45. The van der Waals surface area contributed by atoms with Gasteiger partial charge in [0.1, 0.15) is 5.82 Å². The number of aryl methyl sites for hydroxylation is 1. The van der Waals surface area contributed by atoms with Crippen LogP contribution in [0.4, 0.5) is 4.39 Å². The van der Waals surface area contributed by atoms with Gasteiger partial charge in [0.2, 0.25) is 0 Å². The number of benzene rings is 1. The van der Waals surface area contributed by atoms with Gasteiger partial charge in [-0.1, -0.05) is 6.07 Å². The molecule has 0 aliphatic heterocycles. The topological polar surface area (TPSA) is 43.6 Å². The third-order valence-corrected chi connectivity index (χ3v) is 4.70. The first kappa shape index (κ1) is 16.6. The summed E-state index contributed by atoms with van der Waals surface area (Å²) in [6, 6.07) is 4.45. The zero-order valence-corrected chi connectivity index (χ0v) is 14.0. The van der Waals surface area contributed by atoms with Crippen LogP contribution in [0.25, 0.3) is 0 Å². The van der Waals surface area contributed by atoms with Crippen molar-refractivity contribution >= 4 is 17.2 Å². The normalized spacial score (nSPS) is 12.0. The number of carbonyl (C=O) groups is 1. The lowest BCUT2D eigenvalue weighted by Gasteiger charge is -2.05. The zero-order chi connectivity index (χ0) is 16.3. The van der Waals surface area contributed by atoms with Crippen LogP contribution in [-0.4, -0.2) is 24.2 Å². The van der Waals surface area contributed by atoms with Gasteiger partial charge in [0.05, 0.1) is 6.61 Å². The number of hydrogen-bond acceptors (Lipinski definition) is 3. The summed E-state index contributed by atoms with van der Waals surface area (Å²) in [5.74, 6) is -0.823. The summed E-state index contributed by atoms with van der Waals surface area (Å²) < 4.78 is 20.6. The van der Waals surface area contributed by atoms with E-state index in [0.29, 0.717) is 29.1 Å². The van der Waals surface area contributed by atoms with Crippen LogP contribution in [0.2, 0.25) is 0 Å². The van der Waals surface area contributed by atoms with E-state index in [1.165, 1.54) is 23.5 Å². The van der Waals surface area contributed by atoms with E-state index >= 15 is 0 Å². The first-order valence-corrected chi connectivity index (χ1v) is 7.77. The third-order valence-electron chi connectivity index (χ3n) is 3.60. The molecule has 0 aliphatic rings. The van der Waals surface area contributed by atoms with Gasteiger partial charge in [-0.25, -0.2) is 4.39 Å². The van der Waals surface area contributed by atoms with Crippen LogP contribution in [0.3, 0.4) is 0 Å². The van der Waals surface area contributed by atoms with Crippen LogP contribution in [0.5, 0.6) is 0 Å². The Bertz CT molecular complexity index is 762. The molecule has 22 heavy (non-hydrogen) atoms. The van der Waals surface area contributed by atoms with Crippen molar-refractivity contribution in [2.45, 2.75) is 27.3 Å². The molecule has 0 fully saturated rings. The van der Waals surface area contributed by atoms with Gasteiger partial charge in [-0.05, 0) is 38.5 Å². The van der Waals surface area contributed by atoms with E-state index in [0.717, 1.165) is 10.6 Å². The molecule has 0 saturated carbocycles. The number of halogens is 1. The van der Waals surface area contributed by atoms with Gasteiger partial charge in [-0.15, -0.1) is 11.3 Å². The average molecular weight is 322 g/mol. The number of thiazole rings is 1. The molecule has 2 rings (SSSR count). The van der Waals surface area contributed by atoms with E-state index in [-0.39, 0.29) is 0 Å². The van der Waals surface area contributed by atoms with E-state index in [2.05, 4.69) is 4.99 Å². The molecular formula is C16H19FN2O2S. The minimum Gasteiger partial charge on any atom is -0.383 e. The van der Waals surface area contributed by atoms with Gasteiger partial charge >= 0.3 is 0 Å². The Kier molecular flexibility index (Phi) is 5.26. The highest BCUT2D eigenvalue weighted by Crippen LogP contribution is 2.14. The second-order valence-electron chi connectivity index (χ2n) is 5.00. The molecule has 0 radical (unpaired) electrons. The highest BCUT2D eigenvalue weighted by atomic mass is 32.1. The Balaban J connectivity index is 2.46. The number of nitrogens with zero attached hydrogens (tertiary/aromatic N) is 2. The predicted octanol–water partition coefficient (Wildman–Crippen LogP) is 3.00. The molecule has 118 valence electrons. The molecule has 0 bridgehead atoms. The van der Waals surface area contributed by atoms with Gasteiger partial charge in [-0.2, -0.15) is 4.99 Å². The Hall–Kier alpha value is -1.79. The van der Waals surface area contributed by atoms with E-state index in [1.807, 2.05) is 18.4 Å². The van der Waals surface area contributed by atoms with Crippen LogP contribution in [-0.2, 0) is 11.3 Å². The van der Waals surface area contributed by atoms with Gasteiger partial charge in [-0.3, -0.25) is 4.79 Å². The Morgan fingerprint density at radius 3 is 2.77 bits per heavy atom. The molecule has 0 atom stereocenters. The first-order chi connectivity index (χ1) is 10.5. The van der Waals surface area contributed by atoms with E-state index in [1.54, 1.807) is 20.1 Å². The highest BCUT2D eigenvalue weighted by Gasteiger charge is 2.13. The fourth-order valence-electron chi connectivity index (χ4n) is 2.11. The number of amides is 1. The molecular weight excluding hydrogens is 303 g/mol. The molecule has 0 unspecified atom stereocenters. The number of ether oxygens (including phenoxy) is 1. The molecule has 6 heteroatoms. The second-order valence-corrected chi connectivity index (χ2v) is 6.18. The lowest BCUT2D eigenvalue weighted by molar-refractivity contribution is 0.0996. The van der Waals surface area contributed by atoms with Crippen LogP contribution < -0.4 is 4.80 Å². The lowest BCUT2D eigenvalue weighted by Crippen LogP contribution is -2.21. The van der Waals surface area contributed by atoms with Gasteiger partial charge in [0, 0.05) is 29.8 Å². The van der Waals surface area contributed by atoms with Crippen LogP contribution in [0, 0.1) is 26.6 Å². The molecule has 0 spiro atoms. The van der Waals surface area contributed by atoms with Crippen LogP contribution in [0.1, 0.15) is 26.5 Å². The third kappa shape index (κ3) is 3.34. The van der Waals surface area contributed by atoms with Crippen molar-refractivity contribution in [1.82, 2.24) is 4.57 Å². The van der Waals surface area contributed by atoms with Crippen molar-refractivity contribution in [3.8, 4) is 0 Å². The summed E-state index contributed by atoms with van der Waals surface area (Å²) in [6.45, 7) is 6.72. The molecule has 1 amide bonds. The maximum absolute atomic E-state index is 13.6. The number of rotatable bonds is 4. The van der Waals surface area contributed by atoms with Gasteiger partial charge < -0.3 is 9.30 Å². The minimum absolute atomic E-state index is 0.294. The molecule has 4 nitrogen and oxygen atoms in total. The smallest absolute Gasteiger partial charge is 0.280 e. The Morgan fingerprint density at radius 2 is 2.09 bits per heavy atom. The van der Waals surface area contributed by atoms with Crippen molar-refractivity contribution in [2.24, 2.45) is 4.99 Å². The maximum atomic E-state index is 13.6. The first-order valence-electron chi connectivity index (χ1n) is 6.95. The number of methoxy groups -OCH3 is 1. The molecule has 0 saturated heterocycles. The summed E-state index contributed by atoms with van der Waals surface area (Å²) in [6.07, 6.45) is 0. The van der Waals surface area contributed by atoms with Gasteiger partial charge in [0.15, 0.2) is 4.80 Å². The van der Waals surface area contributed by atoms with E-state index in [9.17, 15) is 9.18 Å². The fraction of sp³-hybridized carbons (Fsp3) is 0.375. The van der Waals surface area contributed by atoms with Crippen molar-refractivity contribution in [3.05, 3.63) is 50.5 Å². The van der Waals surface area contributed by atoms with Crippen LogP contribution >= 0.6 is 11.3 Å². The molecule has 0 aliphatic carbocycles. The number of carbonyl (C=O) groups excluding carboxylic acids is 1. The van der Waals surface area contributed by atoms with Crippen molar-refractivity contribution in [2.75, 3.05) is 13.7 Å². The lowest BCUT2D eigenvalue weighted by atomic mass is 10.1. The largest absolute Gasteiger partial charge is 0.383 e. The Morgan fingerprint density at radius 1 is 1.36 bits per heavy atom. The molecule has 2 aromatic rings. The second kappa shape index (κ2) is 6.98. The summed E-state index contributed by atoms with van der Waals surface area (Å²) in [4.78, 5) is 18.3. The summed E-state index contributed by atoms with van der Waals surface area (Å²) in [5.41, 5.74) is 1.68. The summed E-state index contributed by atoms with van der Waals surface area (Å²) in [5, 5.41) is 0. The van der Waals surface area contributed by atoms with Crippen molar-refractivity contribution in [1.29, 1.82) is 0 Å². The number of hydrogen-bond donors (Lipinski definition) is 0. The summed E-state index contributed by atoms with van der Waals surface area (Å²) in [7, 11) is 1.63. The number of aromatic nitrogens is 1. The standard InChI is InChI=1S/C16H19FN2O2S/c1-10-13(6-5-7-14(10)17)15(20)18-16-19(8-9-21-4)11(2)12(3)22-16/h5-7H,8-9H2,1-4H3/b18-16-.